The molecule has 0 spiro atoms. The fourth-order valence-corrected chi connectivity index (χ4v) is 2.52. The van der Waals surface area contributed by atoms with E-state index in [1.54, 1.807) is 0 Å². The molecule has 3 atom stereocenters. The third kappa shape index (κ3) is 2.81. The van der Waals surface area contributed by atoms with Crippen LogP contribution in [0.25, 0.3) is 0 Å². The molecule has 1 aromatic rings. The molecule has 1 aliphatic carbocycles. The Balaban J connectivity index is 1.79. The predicted octanol–water partition coefficient (Wildman–Crippen LogP) is 2.05. The van der Waals surface area contributed by atoms with E-state index in [0.29, 0.717) is 6.04 Å². The average Bonchev–Trinajstić information content (AvgIpc) is 2.79. The first-order valence-electron chi connectivity index (χ1n) is 5.97. The molecule has 0 radical (unpaired) electrons. The van der Waals surface area contributed by atoms with Crippen LogP contribution in [0.4, 0.5) is 0 Å². The molecule has 3 heteroatoms. The third-order valence-electron chi connectivity index (χ3n) is 3.40. The summed E-state index contributed by atoms with van der Waals surface area (Å²) in [6, 6.07) is 1.26. The molecule has 15 heavy (non-hydrogen) atoms. The zero-order valence-corrected chi connectivity index (χ0v) is 9.69. The van der Waals surface area contributed by atoms with Gasteiger partial charge < -0.3 is 9.88 Å². The molecule has 1 heterocycles. The van der Waals surface area contributed by atoms with Gasteiger partial charge in [-0.15, -0.1) is 0 Å². The van der Waals surface area contributed by atoms with Crippen LogP contribution in [0.2, 0.25) is 0 Å². The van der Waals surface area contributed by atoms with Crippen molar-refractivity contribution in [3.8, 4) is 0 Å². The Morgan fingerprint density at radius 1 is 1.53 bits per heavy atom. The van der Waals surface area contributed by atoms with E-state index in [1.165, 1.54) is 19.3 Å². The fraction of sp³-hybridized carbons (Fsp3) is 0.750. The molecule has 1 saturated carbocycles. The van der Waals surface area contributed by atoms with Gasteiger partial charge in [0.1, 0.15) is 0 Å². The summed E-state index contributed by atoms with van der Waals surface area (Å²) < 4.78 is 2.14. The summed E-state index contributed by atoms with van der Waals surface area (Å²) in [6.45, 7) is 5.63. The van der Waals surface area contributed by atoms with E-state index in [4.69, 9.17) is 0 Å². The summed E-state index contributed by atoms with van der Waals surface area (Å²) in [6.07, 6.45) is 9.86. The lowest BCUT2D eigenvalue weighted by Crippen LogP contribution is -2.40. The number of rotatable bonds is 4. The third-order valence-corrected chi connectivity index (χ3v) is 3.40. The van der Waals surface area contributed by atoms with E-state index in [1.807, 2.05) is 18.7 Å². The monoisotopic (exact) mass is 207 g/mol. The summed E-state index contributed by atoms with van der Waals surface area (Å²) in [5, 5.41) is 3.72. The van der Waals surface area contributed by atoms with Gasteiger partial charge in [0, 0.05) is 31.0 Å². The SMILES string of the molecule is CC(Cn1ccnc1)NC1CCCC1C. The van der Waals surface area contributed by atoms with Crippen molar-refractivity contribution in [2.45, 2.75) is 51.7 Å². The first-order chi connectivity index (χ1) is 7.25. The van der Waals surface area contributed by atoms with Crippen molar-refractivity contribution in [1.82, 2.24) is 14.9 Å². The lowest BCUT2D eigenvalue weighted by atomic mass is 10.1. The molecule has 1 aromatic heterocycles. The Bertz CT molecular complexity index is 281. The number of hydrogen-bond acceptors (Lipinski definition) is 2. The quantitative estimate of drug-likeness (QED) is 0.819. The van der Waals surface area contributed by atoms with Crippen LogP contribution in [0.3, 0.4) is 0 Å². The van der Waals surface area contributed by atoms with Gasteiger partial charge in [0.05, 0.1) is 6.33 Å². The highest BCUT2D eigenvalue weighted by atomic mass is 15.1. The predicted molar refractivity (Wildman–Crippen MR) is 61.6 cm³/mol. The van der Waals surface area contributed by atoms with E-state index in [-0.39, 0.29) is 0 Å². The van der Waals surface area contributed by atoms with Crippen molar-refractivity contribution in [3.63, 3.8) is 0 Å². The molecule has 3 unspecified atom stereocenters. The lowest BCUT2D eigenvalue weighted by Gasteiger charge is -2.23. The van der Waals surface area contributed by atoms with Crippen molar-refractivity contribution in [3.05, 3.63) is 18.7 Å². The normalized spacial score (nSPS) is 28.1. The van der Waals surface area contributed by atoms with Gasteiger partial charge in [0.15, 0.2) is 0 Å². The zero-order valence-electron chi connectivity index (χ0n) is 9.69. The largest absolute Gasteiger partial charge is 0.336 e. The maximum atomic E-state index is 4.06. The summed E-state index contributed by atoms with van der Waals surface area (Å²) in [5.74, 6) is 0.843. The van der Waals surface area contributed by atoms with Crippen LogP contribution in [-0.4, -0.2) is 21.6 Å². The highest BCUT2D eigenvalue weighted by Gasteiger charge is 2.24. The molecule has 0 aromatic carbocycles. The van der Waals surface area contributed by atoms with Gasteiger partial charge >= 0.3 is 0 Å². The van der Waals surface area contributed by atoms with Gasteiger partial charge in [-0.3, -0.25) is 0 Å². The van der Waals surface area contributed by atoms with Gasteiger partial charge in [0.2, 0.25) is 0 Å². The summed E-state index contributed by atoms with van der Waals surface area (Å²) in [4.78, 5) is 4.06. The van der Waals surface area contributed by atoms with E-state index in [0.717, 1.165) is 18.5 Å². The first-order valence-corrected chi connectivity index (χ1v) is 5.97. The van der Waals surface area contributed by atoms with Crippen molar-refractivity contribution in [2.75, 3.05) is 0 Å². The molecule has 2 rings (SSSR count). The molecule has 84 valence electrons. The van der Waals surface area contributed by atoms with Gasteiger partial charge in [0.25, 0.3) is 0 Å². The minimum Gasteiger partial charge on any atom is -0.336 e. The molecule has 1 fully saturated rings. The van der Waals surface area contributed by atoms with Crippen molar-refractivity contribution >= 4 is 0 Å². The van der Waals surface area contributed by atoms with Crippen LogP contribution in [0, 0.1) is 5.92 Å². The van der Waals surface area contributed by atoms with Crippen LogP contribution < -0.4 is 5.32 Å². The van der Waals surface area contributed by atoms with Crippen molar-refractivity contribution in [1.29, 1.82) is 0 Å². The van der Waals surface area contributed by atoms with Crippen molar-refractivity contribution in [2.24, 2.45) is 5.92 Å². The lowest BCUT2D eigenvalue weighted by molar-refractivity contribution is 0.360. The molecule has 1 aliphatic rings. The number of imidazole rings is 1. The smallest absolute Gasteiger partial charge is 0.0946 e. The molecule has 0 bridgehead atoms. The molecular formula is C12H21N3. The Morgan fingerprint density at radius 2 is 2.40 bits per heavy atom. The molecule has 0 aliphatic heterocycles. The van der Waals surface area contributed by atoms with Gasteiger partial charge in [-0.1, -0.05) is 13.3 Å². The average molecular weight is 207 g/mol. The Labute approximate surface area is 91.9 Å². The molecule has 0 amide bonds. The van der Waals surface area contributed by atoms with Crippen LogP contribution >= 0.6 is 0 Å². The van der Waals surface area contributed by atoms with E-state index in [9.17, 15) is 0 Å². The van der Waals surface area contributed by atoms with Gasteiger partial charge in [-0.25, -0.2) is 4.98 Å². The number of hydrogen-bond donors (Lipinski definition) is 1. The van der Waals surface area contributed by atoms with E-state index in [2.05, 4.69) is 28.7 Å². The molecule has 0 saturated heterocycles. The first kappa shape index (κ1) is 10.7. The Kier molecular flexibility index (Phi) is 3.41. The summed E-state index contributed by atoms with van der Waals surface area (Å²) in [7, 11) is 0. The van der Waals surface area contributed by atoms with Crippen LogP contribution in [0.1, 0.15) is 33.1 Å². The summed E-state index contributed by atoms with van der Waals surface area (Å²) in [5.41, 5.74) is 0. The van der Waals surface area contributed by atoms with Gasteiger partial charge in [-0.2, -0.15) is 0 Å². The topological polar surface area (TPSA) is 29.9 Å². The highest BCUT2D eigenvalue weighted by Crippen LogP contribution is 2.25. The fourth-order valence-electron chi connectivity index (χ4n) is 2.52. The molecule has 1 N–H and O–H groups in total. The maximum absolute atomic E-state index is 4.06. The second kappa shape index (κ2) is 4.79. The Morgan fingerprint density at radius 3 is 3.00 bits per heavy atom. The van der Waals surface area contributed by atoms with Gasteiger partial charge in [-0.05, 0) is 25.7 Å². The second-order valence-electron chi connectivity index (χ2n) is 4.84. The standard InChI is InChI=1S/C12H21N3/c1-10-4-3-5-12(10)14-11(2)8-15-7-6-13-9-15/h6-7,9-12,14H,3-5,8H2,1-2H3. The maximum Gasteiger partial charge on any atom is 0.0946 e. The van der Waals surface area contributed by atoms with Crippen LogP contribution in [0.5, 0.6) is 0 Å². The van der Waals surface area contributed by atoms with E-state index >= 15 is 0 Å². The minimum absolute atomic E-state index is 0.532. The second-order valence-corrected chi connectivity index (χ2v) is 4.84. The minimum atomic E-state index is 0.532. The number of nitrogens with zero attached hydrogens (tertiary/aromatic N) is 2. The van der Waals surface area contributed by atoms with Crippen LogP contribution in [0.15, 0.2) is 18.7 Å². The summed E-state index contributed by atoms with van der Waals surface area (Å²) >= 11 is 0. The zero-order chi connectivity index (χ0) is 10.7. The Hall–Kier alpha value is -0.830. The van der Waals surface area contributed by atoms with E-state index < -0.39 is 0 Å². The van der Waals surface area contributed by atoms with Crippen LogP contribution in [-0.2, 0) is 6.54 Å². The number of aromatic nitrogens is 2. The van der Waals surface area contributed by atoms with Crippen molar-refractivity contribution < 1.29 is 0 Å². The number of nitrogens with one attached hydrogen (secondary N) is 1. The molecular weight excluding hydrogens is 186 g/mol. The highest BCUT2D eigenvalue weighted by molar-refractivity contribution is 4.83. The molecule has 3 nitrogen and oxygen atoms in total.